The Morgan fingerprint density at radius 1 is 1.41 bits per heavy atom. The molecule has 0 amide bonds. The fourth-order valence-electron chi connectivity index (χ4n) is 1.81. The standard InChI is InChI=1S/C12H12N4O/c1-2-11-14-5-6-16(11)12-15-9-7-8(13)3-4-10(9)17-12/h3-7H,2,13H2,1H3. The van der Waals surface area contributed by atoms with Gasteiger partial charge in [0, 0.05) is 24.5 Å². The molecular formula is C12H12N4O. The van der Waals surface area contributed by atoms with E-state index in [-0.39, 0.29) is 0 Å². The summed E-state index contributed by atoms with van der Waals surface area (Å²) >= 11 is 0. The van der Waals surface area contributed by atoms with Crippen LogP contribution in [-0.2, 0) is 6.42 Å². The minimum absolute atomic E-state index is 0.528. The van der Waals surface area contributed by atoms with Crippen molar-refractivity contribution < 1.29 is 4.42 Å². The first-order valence-corrected chi connectivity index (χ1v) is 5.46. The van der Waals surface area contributed by atoms with Crippen molar-refractivity contribution in [1.29, 1.82) is 0 Å². The molecule has 0 spiro atoms. The molecule has 0 fully saturated rings. The van der Waals surface area contributed by atoms with Gasteiger partial charge in [-0.15, -0.1) is 0 Å². The summed E-state index contributed by atoms with van der Waals surface area (Å²) < 4.78 is 7.51. The Morgan fingerprint density at radius 2 is 2.29 bits per heavy atom. The van der Waals surface area contributed by atoms with E-state index in [1.807, 2.05) is 23.8 Å². The molecule has 3 rings (SSSR count). The van der Waals surface area contributed by atoms with Gasteiger partial charge in [-0.3, -0.25) is 4.57 Å². The third-order valence-corrected chi connectivity index (χ3v) is 2.64. The van der Waals surface area contributed by atoms with Crippen molar-refractivity contribution >= 4 is 16.8 Å². The molecule has 0 aliphatic rings. The van der Waals surface area contributed by atoms with Gasteiger partial charge in [0.15, 0.2) is 5.58 Å². The van der Waals surface area contributed by atoms with E-state index in [9.17, 15) is 0 Å². The van der Waals surface area contributed by atoms with E-state index in [1.165, 1.54) is 0 Å². The van der Waals surface area contributed by atoms with E-state index >= 15 is 0 Å². The van der Waals surface area contributed by atoms with Crippen molar-refractivity contribution in [3.8, 4) is 6.01 Å². The molecule has 2 N–H and O–H groups in total. The van der Waals surface area contributed by atoms with E-state index in [4.69, 9.17) is 10.2 Å². The Kier molecular flexibility index (Phi) is 2.11. The molecule has 1 aromatic carbocycles. The molecule has 0 saturated heterocycles. The Balaban J connectivity index is 2.18. The van der Waals surface area contributed by atoms with Crippen LogP contribution in [0, 0.1) is 0 Å². The Bertz CT molecular complexity index is 668. The molecule has 0 bridgehead atoms. The monoisotopic (exact) mass is 228 g/mol. The molecule has 5 nitrogen and oxygen atoms in total. The number of oxazole rings is 1. The van der Waals surface area contributed by atoms with Gasteiger partial charge in [0.25, 0.3) is 0 Å². The second kappa shape index (κ2) is 3.62. The van der Waals surface area contributed by atoms with Crippen molar-refractivity contribution in [3.05, 3.63) is 36.4 Å². The first-order valence-electron chi connectivity index (χ1n) is 5.46. The van der Waals surface area contributed by atoms with Crippen LogP contribution < -0.4 is 5.73 Å². The largest absolute Gasteiger partial charge is 0.423 e. The highest BCUT2D eigenvalue weighted by Gasteiger charge is 2.10. The SMILES string of the molecule is CCc1nccn1-c1nc2cc(N)ccc2o1. The molecule has 3 aromatic rings. The number of nitrogen functional groups attached to an aromatic ring is 1. The summed E-state index contributed by atoms with van der Waals surface area (Å²) in [5, 5.41) is 0. The molecule has 2 heterocycles. The lowest BCUT2D eigenvalue weighted by atomic mass is 10.3. The zero-order valence-electron chi connectivity index (χ0n) is 9.42. The lowest BCUT2D eigenvalue weighted by molar-refractivity contribution is 0.556. The van der Waals surface area contributed by atoms with Gasteiger partial charge in [-0.05, 0) is 18.2 Å². The van der Waals surface area contributed by atoms with Crippen LogP contribution in [0.25, 0.3) is 17.1 Å². The number of anilines is 1. The number of rotatable bonds is 2. The molecule has 17 heavy (non-hydrogen) atoms. The van der Waals surface area contributed by atoms with E-state index in [2.05, 4.69) is 9.97 Å². The van der Waals surface area contributed by atoms with Crippen LogP contribution in [0.5, 0.6) is 0 Å². The zero-order valence-corrected chi connectivity index (χ0v) is 9.42. The van der Waals surface area contributed by atoms with Gasteiger partial charge in [0.1, 0.15) is 11.3 Å². The summed E-state index contributed by atoms with van der Waals surface area (Å²) in [6.45, 7) is 2.04. The van der Waals surface area contributed by atoms with Crippen LogP contribution in [0.1, 0.15) is 12.7 Å². The van der Waals surface area contributed by atoms with Crippen LogP contribution >= 0.6 is 0 Å². The highest BCUT2D eigenvalue weighted by molar-refractivity contribution is 5.77. The van der Waals surface area contributed by atoms with Crippen LogP contribution in [-0.4, -0.2) is 14.5 Å². The second-order valence-corrected chi connectivity index (χ2v) is 3.79. The maximum atomic E-state index is 5.71. The van der Waals surface area contributed by atoms with Crippen LogP contribution in [0.15, 0.2) is 35.0 Å². The molecule has 0 radical (unpaired) electrons. The second-order valence-electron chi connectivity index (χ2n) is 3.79. The molecule has 2 aromatic heterocycles. The molecule has 0 aliphatic carbocycles. The number of fused-ring (bicyclic) bond motifs is 1. The molecule has 5 heteroatoms. The number of aromatic nitrogens is 3. The Labute approximate surface area is 97.9 Å². The molecule has 86 valence electrons. The Morgan fingerprint density at radius 3 is 3.12 bits per heavy atom. The van der Waals surface area contributed by atoms with Crippen molar-refractivity contribution in [2.45, 2.75) is 13.3 Å². The fourth-order valence-corrected chi connectivity index (χ4v) is 1.81. The number of hydrogen-bond acceptors (Lipinski definition) is 4. The molecule has 0 atom stereocenters. The highest BCUT2D eigenvalue weighted by atomic mass is 16.4. The first-order chi connectivity index (χ1) is 8.28. The number of benzene rings is 1. The number of nitrogens with zero attached hydrogens (tertiary/aromatic N) is 3. The minimum Gasteiger partial charge on any atom is -0.423 e. The summed E-state index contributed by atoms with van der Waals surface area (Å²) in [5.41, 5.74) is 7.87. The van der Waals surface area contributed by atoms with E-state index < -0.39 is 0 Å². The molecule has 0 unspecified atom stereocenters. The number of hydrogen-bond donors (Lipinski definition) is 1. The van der Waals surface area contributed by atoms with Crippen molar-refractivity contribution in [1.82, 2.24) is 14.5 Å². The van der Waals surface area contributed by atoms with Crippen molar-refractivity contribution in [3.63, 3.8) is 0 Å². The normalized spacial score (nSPS) is 11.1. The van der Waals surface area contributed by atoms with Crippen molar-refractivity contribution in [2.24, 2.45) is 0 Å². The van der Waals surface area contributed by atoms with E-state index in [0.717, 1.165) is 23.3 Å². The number of aryl methyl sites for hydroxylation is 1. The summed E-state index contributed by atoms with van der Waals surface area (Å²) in [5.74, 6) is 0.921. The van der Waals surface area contributed by atoms with Gasteiger partial charge in [-0.25, -0.2) is 4.98 Å². The predicted octanol–water partition coefficient (Wildman–Crippen LogP) is 2.16. The zero-order chi connectivity index (χ0) is 11.8. The average Bonchev–Trinajstić information content (AvgIpc) is 2.93. The van der Waals surface area contributed by atoms with Crippen LogP contribution in [0.4, 0.5) is 5.69 Å². The third-order valence-electron chi connectivity index (χ3n) is 2.64. The Hall–Kier alpha value is -2.30. The summed E-state index contributed by atoms with van der Waals surface area (Å²) in [6, 6.07) is 5.94. The maximum Gasteiger partial charge on any atom is 0.308 e. The van der Waals surface area contributed by atoms with Crippen LogP contribution in [0.2, 0.25) is 0 Å². The van der Waals surface area contributed by atoms with Gasteiger partial charge in [0.05, 0.1) is 0 Å². The first kappa shape index (κ1) is 9.89. The lowest BCUT2D eigenvalue weighted by Crippen LogP contribution is -1.98. The maximum absolute atomic E-state index is 5.71. The van der Waals surface area contributed by atoms with Gasteiger partial charge < -0.3 is 10.2 Å². The summed E-state index contributed by atoms with van der Waals surface area (Å²) in [7, 11) is 0. The topological polar surface area (TPSA) is 69.9 Å². The summed E-state index contributed by atoms with van der Waals surface area (Å²) in [4.78, 5) is 8.64. The highest BCUT2D eigenvalue weighted by Crippen LogP contribution is 2.21. The number of nitrogens with two attached hydrogens (primary N) is 1. The smallest absolute Gasteiger partial charge is 0.308 e. The van der Waals surface area contributed by atoms with E-state index in [0.29, 0.717) is 11.7 Å². The average molecular weight is 228 g/mol. The minimum atomic E-state index is 0.528. The molecule has 0 aliphatic heterocycles. The quantitative estimate of drug-likeness (QED) is 0.682. The third kappa shape index (κ3) is 1.56. The molecule has 0 saturated carbocycles. The summed E-state index contributed by atoms with van der Waals surface area (Å²) in [6.07, 6.45) is 4.41. The van der Waals surface area contributed by atoms with Gasteiger partial charge >= 0.3 is 6.01 Å². The van der Waals surface area contributed by atoms with Crippen molar-refractivity contribution in [2.75, 3.05) is 5.73 Å². The predicted molar refractivity (Wildman–Crippen MR) is 64.9 cm³/mol. The van der Waals surface area contributed by atoms with E-state index in [1.54, 1.807) is 18.3 Å². The fraction of sp³-hybridized carbons (Fsp3) is 0.167. The van der Waals surface area contributed by atoms with Crippen LogP contribution in [0.3, 0.4) is 0 Å². The number of imidazole rings is 1. The molecular weight excluding hydrogens is 216 g/mol. The van der Waals surface area contributed by atoms with Gasteiger partial charge in [-0.1, -0.05) is 6.92 Å². The lowest BCUT2D eigenvalue weighted by Gasteiger charge is -1.98. The van der Waals surface area contributed by atoms with Gasteiger partial charge in [-0.2, -0.15) is 4.98 Å². The van der Waals surface area contributed by atoms with Gasteiger partial charge in [0.2, 0.25) is 0 Å².